The maximum Gasteiger partial charge on any atom is 0.166 e. The Hall–Kier alpha value is -1.62. The summed E-state index contributed by atoms with van der Waals surface area (Å²) in [5, 5.41) is 0. The summed E-state index contributed by atoms with van der Waals surface area (Å²) in [6.07, 6.45) is 1.46. The number of nitrogen functional groups attached to an aromatic ring is 1. The number of pyridine rings is 2. The number of rotatable bonds is 3. The molecule has 0 aliphatic heterocycles. The maximum atomic E-state index is 5.79. The molecule has 94 valence electrons. The Bertz CT molecular complexity index is 560. The standard InChI is InChI=1S/C13H14BrN3O/c1-8-4-3-5-11(17-8)9(2)18-12-6-10(14)7-16-13(12)15/h3-7,9H,1-2H3,(H2,15,16). The highest BCUT2D eigenvalue weighted by atomic mass is 79.9. The van der Waals surface area contributed by atoms with Gasteiger partial charge in [0.15, 0.2) is 11.6 Å². The van der Waals surface area contributed by atoms with Crippen molar-refractivity contribution in [1.82, 2.24) is 9.97 Å². The van der Waals surface area contributed by atoms with E-state index in [4.69, 9.17) is 10.5 Å². The Kier molecular flexibility index (Phi) is 3.81. The van der Waals surface area contributed by atoms with E-state index in [2.05, 4.69) is 25.9 Å². The van der Waals surface area contributed by atoms with Gasteiger partial charge in [0.25, 0.3) is 0 Å². The van der Waals surface area contributed by atoms with Crippen LogP contribution in [0.1, 0.15) is 24.4 Å². The Morgan fingerprint density at radius 1 is 1.39 bits per heavy atom. The minimum Gasteiger partial charge on any atom is -0.481 e. The molecule has 2 rings (SSSR count). The van der Waals surface area contributed by atoms with Crippen molar-refractivity contribution in [2.45, 2.75) is 20.0 Å². The summed E-state index contributed by atoms with van der Waals surface area (Å²) in [5.41, 5.74) is 7.60. The second-order valence-corrected chi connectivity index (χ2v) is 4.92. The molecule has 4 nitrogen and oxygen atoms in total. The smallest absolute Gasteiger partial charge is 0.166 e. The number of nitrogens with two attached hydrogens (primary N) is 1. The van der Waals surface area contributed by atoms with Crippen molar-refractivity contribution in [3.63, 3.8) is 0 Å². The summed E-state index contributed by atoms with van der Waals surface area (Å²) in [5.74, 6) is 0.929. The lowest BCUT2D eigenvalue weighted by Gasteiger charge is -2.15. The molecule has 0 spiro atoms. The van der Waals surface area contributed by atoms with Crippen LogP contribution in [-0.4, -0.2) is 9.97 Å². The van der Waals surface area contributed by atoms with Crippen molar-refractivity contribution in [1.29, 1.82) is 0 Å². The average Bonchev–Trinajstić information content (AvgIpc) is 2.34. The van der Waals surface area contributed by atoms with Gasteiger partial charge in [0.2, 0.25) is 0 Å². The normalized spacial score (nSPS) is 12.2. The van der Waals surface area contributed by atoms with E-state index in [1.165, 1.54) is 0 Å². The van der Waals surface area contributed by atoms with Crippen LogP contribution in [-0.2, 0) is 0 Å². The van der Waals surface area contributed by atoms with E-state index in [-0.39, 0.29) is 6.10 Å². The van der Waals surface area contributed by atoms with E-state index in [0.29, 0.717) is 11.6 Å². The lowest BCUT2D eigenvalue weighted by atomic mass is 10.2. The molecule has 2 N–H and O–H groups in total. The third-order valence-corrected chi connectivity index (χ3v) is 2.91. The van der Waals surface area contributed by atoms with Gasteiger partial charge in [0.1, 0.15) is 6.10 Å². The first-order valence-electron chi connectivity index (χ1n) is 5.57. The van der Waals surface area contributed by atoms with Gasteiger partial charge in [-0.2, -0.15) is 0 Å². The molecule has 2 aromatic heterocycles. The van der Waals surface area contributed by atoms with Crippen molar-refractivity contribution in [3.8, 4) is 5.75 Å². The van der Waals surface area contributed by atoms with Gasteiger partial charge in [-0.3, -0.25) is 4.98 Å². The molecule has 0 aromatic carbocycles. The summed E-state index contributed by atoms with van der Waals surface area (Å²) >= 11 is 3.34. The number of anilines is 1. The van der Waals surface area contributed by atoms with Crippen LogP contribution in [0.4, 0.5) is 5.82 Å². The van der Waals surface area contributed by atoms with E-state index in [1.807, 2.05) is 32.0 Å². The third-order valence-electron chi connectivity index (χ3n) is 2.48. The minimum atomic E-state index is -0.178. The predicted octanol–water partition coefficient (Wildman–Crippen LogP) is 3.27. The Morgan fingerprint density at radius 2 is 2.17 bits per heavy atom. The zero-order valence-electron chi connectivity index (χ0n) is 10.2. The molecular formula is C13H14BrN3O. The summed E-state index contributed by atoms with van der Waals surface area (Å²) < 4.78 is 6.62. The number of aryl methyl sites for hydroxylation is 1. The second-order valence-electron chi connectivity index (χ2n) is 4.00. The molecule has 0 aliphatic carbocycles. The van der Waals surface area contributed by atoms with Gasteiger partial charge >= 0.3 is 0 Å². The molecule has 0 radical (unpaired) electrons. The van der Waals surface area contributed by atoms with Crippen LogP contribution in [0.3, 0.4) is 0 Å². The first-order chi connectivity index (χ1) is 8.56. The molecule has 2 heterocycles. The maximum absolute atomic E-state index is 5.79. The number of nitrogens with zero attached hydrogens (tertiary/aromatic N) is 2. The topological polar surface area (TPSA) is 61.0 Å². The van der Waals surface area contributed by atoms with Crippen molar-refractivity contribution >= 4 is 21.7 Å². The fraction of sp³-hybridized carbons (Fsp3) is 0.231. The van der Waals surface area contributed by atoms with Crippen LogP contribution in [0.15, 0.2) is 34.9 Å². The van der Waals surface area contributed by atoms with Crippen LogP contribution in [0, 0.1) is 6.92 Å². The van der Waals surface area contributed by atoms with E-state index in [9.17, 15) is 0 Å². The van der Waals surface area contributed by atoms with E-state index < -0.39 is 0 Å². The quantitative estimate of drug-likeness (QED) is 0.945. The third kappa shape index (κ3) is 2.98. The summed E-state index contributed by atoms with van der Waals surface area (Å²) in [4.78, 5) is 8.45. The van der Waals surface area contributed by atoms with Gasteiger partial charge in [-0.05, 0) is 48.0 Å². The van der Waals surface area contributed by atoms with E-state index in [1.54, 1.807) is 12.3 Å². The highest BCUT2D eigenvalue weighted by Gasteiger charge is 2.11. The molecule has 0 amide bonds. The van der Waals surface area contributed by atoms with Gasteiger partial charge in [0.05, 0.1) is 5.69 Å². The number of hydrogen-bond donors (Lipinski definition) is 1. The van der Waals surface area contributed by atoms with Gasteiger partial charge in [-0.15, -0.1) is 0 Å². The molecule has 2 aromatic rings. The fourth-order valence-corrected chi connectivity index (χ4v) is 1.88. The fourth-order valence-electron chi connectivity index (χ4n) is 1.57. The molecule has 0 saturated heterocycles. The minimum absolute atomic E-state index is 0.178. The molecule has 0 aliphatic rings. The lowest BCUT2D eigenvalue weighted by molar-refractivity contribution is 0.222. The predicted molar refractivity (Wildman–Crippen MR) is 74.4 cm³/mol. The molecule has 1 unspecified atom stereocenters. The highest BCUT2D eigenvalue weighted by Crippen LogP contribution is 2.27. The van der Waals surface area contributed by atoms with Crippen LogP contribution >= 0.6 is 15.9 Å². The van der Waals surface area contributed by atoms with Gasteiger partial charge in [-0.25, -0.2) is 4.98 Å². The number of ether oxygens (including phenoxy) is 1. The number of hydrogen-bond acceptors (Lipinski definition) is 4. The molecule has 0 bridgehead atoms. The van der Waals surface area contributed by atoms with Crippen LogP contribution in [0.2, 0.25) is 0 Å². The average molecular weight is 308 g/mol. The zero-order chi connectivity index (χ0) is 13.1. The number of halogens is 1. The Morgan fingerprint density at radius 3 is 2.89 bits per heavy atom. The molecule has 1 atom stereocenters. The first-order valence-corrected chi connectivity index (χ1v) is 6.37. The highest BCUT2D eigenvalue weighted by molar-refractivity contribution is 9.10. The largest absolute Gasteiger partial charge is 0.481 e. The van der Waals surface area contributed by atoms with E-state index >= 15 is 0 Å². The second kappa shape index (κ2) is 5.35. The molecular weight excluding hydrogens is 294 g/mol. The lowest BCUT2D eigenvalue weighted by Crippen LogP contribution is -2.08. The number of aromatic nitrogens is 2. The molecule has 0 fully saturated rings. The van der Waals surface area contributed by atoms with E-state index in [0.717, 1.165) is 15.9 Å². The van der Waals surface area contributed by atoms with Crippen molar-refractivity contribution in [3.05, 3.63) is 46.3 Å². The van der Waals surface area contributed by atoms with Gasteiger partial charge in [-0.1, -0.05) is 6.07 Å². The molecule has 18 heavy (non-hydrogen) atoms. The zero-order valence-corrected chi connectivity index (χ0v) is 11.8. The SMILES string of the molecule is Cc1cccc(C(C)Oc2cc(Br)cnc2N)n1. The van der Waals surface area contributed by atoms with Crippen molar-refractivity contribution in [2.75, 3.05) is 5.73 Å². The first kappa shape index (κ1) is 12.8. The molecule has 0 saturated carbocycles. The summed E-state index contributed by atoms with van der Waals surface area (Å²) in [6, 6.07) is 7.64. The van der Waals surface area contributed by atoms with Crippen molar-refractivity contribution < 1.29 is 4.74 Å². The van der Waals surface area contributed by atoms with Crippen molar-refractivity contribution in [2.24, 2.45) is 0 Å². The van der Waals surface area contributed by atoms with Crippen LogP contribution in [0.25, 0.3) is 0 Å². The Balaban J connectivity index is 2.21. The summed E-state index contributed by atoms with van der Waals surface area (Å²) in [6.45, 7) is 3.88. The summed E-state index contributed by atoms with van der Waals surface area (Å²) in [7, 11) is 0. The van der Waals surface area contributed by atoms with Crippen LogP contribution in [0.5, 0.6) is 5.75 Å². The monoisotopic (exact) mass is 307 g/mol. The molecule has 5 heteroatoms. The van der Waals surface area contributed by atoms with Gasteiger partial charge in [0, 0.05) is 16.4 Å². The van der Waals surface area contributed by atoms with Gasteiger partial charge < -0.3 is 10.5 Å². The Labute approximate surface area is 114 Å². The van der Waals surface area contributed by atoms with Crippen LogP contribution < -0.4 is 10.5 Å².